The van der Waals surface area contributed by atoms with Gasteiger partial charge in [-0.1, -0.05) is 67.1 Å². The number of rotatable bonds is 6. The number of benzene rings is 2. The summed E-state index contributed by atoms with van der Waals surface area (Å²) in [5, 5.41) is 8.93. The van der Waals surface area contributed by atoms with Crippen molar-refractivity contribution in [1.82, 2.24) is 4.90 Å². The fraction of sp³-hybridized carbons (Fsp3) is 0.286. The van der Waals surface area contributed by atoms with Crippen LogP contribution in [0.3, 0.4) is 0 Å². The van der Waals surface area contributed by atoms with E-state index in [4.69, 9.17) is 0 Å². The van der Waals surface area contributed by atoms with Crippen LogP contribution in [0, 0.1) is 12.7 Å². The van der Waals surface area contributed by atoms with Crippen LogP contribution >= 0.6 is 11.8 Å². The van der Waals surface area contributed by atoms with Crippen molar-refractivity contribution in [3.63, 3.8) is 0 Å². The summed E-state index contributed by atoms with van der Waals surface area (Å²) in [6.07, 6.45) is 3.40. The van der Waals surface area contributed by atoms with E-state index in [1.165, 1.54) is 29.5 Å². The van der Waals surface area contributed by atoms with Gasteiger partial charge >= 0.3 is 0 Å². The van der Waals surface area contributed by atoms with Crippen molar-refractivity contribution in [2.24, 2.45) is 10.2 Å². The number of halogens is 1. The van der Waals surface area contributed by atoms with Crippen molar-refractivity contribution in [2.75, 3.05) is 0 Å². The molecule has 3 rings (SSSR count). The summed E-state index contributed by atoms with van der Waals surface area (Å²) in [6, 6.07) is 14.2. The lowest BCUT2D eigenvalue weighted by Gasteiger charge is -2.15. The molecule has 1 saturated heterocycles. The molecule has 140 valence electrons. The highest BCUT2D eigenvalue weighted by molar-refractivity contribution is 8.15. The fourth-order valence-corrected chi connectivity index (χ4v) is 3.96. The Morgan fingerprint density at radius 1 is 1.15 bits per heavy atom. The van der Waals surface area contributed by atoms with Gasteiger partial charge < -0.3 is 0 Å². The monoisotopic (exact) mass is 383 g/mol. The highest BCUT2D eigenvalue weighted by Gasteiger charge is 2.37. The standard InChI is InChI=1S/C21H22FN3OS/c1-3-4-19-20(26)25(14-17-9-11-18(22)12-10-17)21(27-19)24-23-13-16-7-5-15(2)6-8-16/h5-13,19H,3-4,14H2,1-2H3/b23-13+,24-21+. The van der Waals surface area contributed by atoms with Crippen LogP contribution in [-0.2, 0) is 11.3 Å². The molecule has 0 aromatic heterocycles. The van der Waals surface area contributed by atoms with Crippen LogP contribution in [0.25, 0.3) is 0 Å². The van der Waals surface area contributed by atoms with E-state index in [2.05, 4.69) is 17.1 Å². The molecule has 4 nitrogen and oxygen atoms in total. The Morgan fingerprint density at radius 2 is 1.85 bits per heavy atom. The molecule has 0 spiro atoms. The zero-order valence-electron chi connectivity index (χ0n) is 15.4. The summed E-state index contributed by atoms with van der Waals surface area (Å²) in [7, 11) is 0. The Balaban J connectivity index is 1.79. The number of carbonyl (C=O) groups excluding carboxylic acids is 1. The molecule has 1 fully saturated rings. The average Bonchev–Trinajstić information content (AvgIpc) is 2.94. The second kappa shape index (κ2) is 8.95. The minimum atomic E-state index is -0.290. The lowest BCUT2D eigenvalue weighted by molar-refractivity contribution is -0.126. The summed E-state index contributed by atoms with van der Waals surface area (Å²) in [5.41, 5.74) is 3.00. The lowest BCUT2D eigenvalue weighted by Crippen LogP contribution is -2.31. The van der Waals surface area contributed by atoms with Crippen LogP contribution < -0.4 is 0 Å². The number of hydrogen-bond donors (Lipinski definition) is 0. The lowest BCUT2D eigenvalue weighted by atomic mass is 10.2. The van der Waals surface area contributed by atoms with E-state index in [9.17, 15) is 9.18 Å². The number of nitrogens with zero attached hydrogens (tertiary/aromatic N) is 3. The van der Waals surface area contributed by atoms with Crippen molar-refractivity contribution >= 4 is 29.1 Å². The van der Waals surface area contributed by atoms with Crippen molar-refractivity contribution in [2.45, 2.75) is 38.5 Å². The van der Waals surface area contributed by atoms with E-state index >= 15 is 0 Å². The second-order valence-electron chi connectivity index (χ2n) is 6.48. The molecule has 0 saturated carbocycles. The topological polar surface area (TPSA) is 45.0 Å². The van der Waals surface area contributed by atoms with E-state index in [1.807, 2.05) is 31.2 Å². The molecule has 0 N–H and O–H groups in total. The van der Waals surface area contributed by atoms with Crippen LogP contribution in [0.4, 0.5) is 4.39 Å². The molecular formula is C21H22FN3OS. The minimum absolute atomic E-state index is 0.0375. The van der Waals surface area contributed by atoms with E-state index in [-0.39, 0.29) is 17.0 Å². The number of aryl methyl sites for hydroxylation is 1. The number of thioether (sulfide) groups is 1. The van der Waals surface area contributed by atoms with E-state index in [1.54, 1.807) is 23.2 Å². The van der Waals surface area contributed by atoms with Gasteiger partial charge in [-0.15, -0.1) is 5.10 Å². The number of amidine groups is 1. The smallest absolute Gasteiger partial charge is 0.242 e. The van der Waals surface area contributed by atoms with E-state index in [0.717, 1.165) is 24.0 Å². The van der Waals surface area contributed by atoms with Gasteiger partial charge in [0.25, 0.3) is 0 Å². The largest absolute Gasteiger partial charge is 0.284 e. The summed E-state index contributed by atoms with van der Waals surface area (Å²) in [6.45, 7) is 4.46. The molecular weight excluding hydrogens is 361 g/mol. The Hall–Kier alpha value is -2.47. The Morgan fingerprint density at radius 3 is 2.52 bits per heavy atom. The van der Waals surface area contributed by atoms with Crippen LogP contribution in [-0.4, -0.2) is 27.4 Å². The van der Waals surface area contributed by atoms with E-state index < -0.39 is 0 Å². The summed E-state index contributed by atoms with van der Waals surface area (Å²) in [4.78, 5) is 14.4. The maximum absolute atomic E-state index is 13.1. The number of hydrogen-bond acceptors (Lipinski definition) is 4. The highest BCUT2D eigenvalue weighted by Crippen LogP contribution is 2.31. The molecule has 27 heavy (non-hydrogen) atoms. The maximum atomic E-state index is 13.1. The van der Waals surface area contributed by atoms with Gasteiger partial charge in [0.1, 0.15) is 5.82 Å². The van der Waals surface area contributed by atoms with Crippen molar-refractivity contribution in [3.05, 3.63) is 71.0 Å². The zero-order chi connectivity index (χ0) is 19.2. The van der Waals surface area contributed by atoms with Crippen LogP contribution in [0.2, 0.25) is 0 Å². The fourth-order valence-electron chi connectivity index (χ4n) is 2.75. The van der Waals surface area contributed by atoms with Crippen LogP contribution in [0.1, 0.15) is 36.5 Å². The Labute approximate surface area is 163 Å². The Bertz CT molecular complexity index is 847. The average molecular weight is 383 g/mol. The van der Waals surface area contributed by atoms with Crippen LogP contribution in [0.5, 0.6) is 0 Å². The quantitative estimate of drug-likeness (QED) is 0.533. The third kappa shape index (κ3) is 5.04. The van der Waals surface area contributed by atoms with Gasteiger partial charge in [0.2, 0.25) is 5.91 Å². The Kier molecular flexibility index (Phi) is 6.40. The molecule has 6 heteroatoms. The molecule has 1 unspecified atom stereocenters. The highest BCUT2D eigenvalue weighted by atomic mass is 32.2. The molecule has 2 aromatic rings. The predicted octanol–water partition coefficient (Wildman–Crippen LogP) is 4.77. The SMILES string of the molecule is CCCC1S/C(=N/N=C/c2ccc(C)cc2)N(Cc2ccc(F)cc2)C1=O. The van der Waals surface area contributed by atoms with Gasteiger partial charge in [0.15, 0.2) is 5.17 Å². The van der Waals surface area contributed by atoms with Crippen molar-refractivity contribution in [1.29, 1.82) is 0 Å². The molecule has 2 aromatic carbocycles. The van der Waals surface area contributed by atoms with Gasteiger partial charge in [-0.05, 0) is 36.6 Å². The number of carbonyl (C=O) groups is 1. The molecule has 0 radical (unpaired) electrons. The molecule has 0 aliphatic carbocycles. The third-order valence-electron chi connectivity index (χ3n) is 4.25. The van der Waals surface area contributed by atoms with Crippen LogP contribution in [0.15, 0.2) is 58.7 Å². The first-order valence-corrected chi connectivity index (χ1v) is 9.85. The molecule has 1 aliphatic rings. The van der Waals surface area contributed by atoms with E-state index in [0.29, 0.717) is 11.7 Å². The normalized spacial score (nSPS) is 18.8. The molecule has 1 atom stereocenters. The first kappa shape index (κ1) is 19.3. The summed E-state index contributed by atoms with van der Waals surface area (Å²) in [5.74, 6) is -0.253. The van der Waals surface area contributed by atoms with Gasteiger partial charge in [-0.2, -0.15) is 5.10 Å². The minimum Gasteiger partial charge on any atom is -0.284 e. The van der Waals surface area contributed by atoms with Gasteiger partial charge in [0.05, 0.1) is 18.0 Å². The maximum Gasteiger partial charge on any atom is 0.242 e. The molecule has 1 amide bonds. The summed E-state index contributed by atoms with van der Waals surface area (Å²) < 4.78 is 13.1. The van der Waals surface area contributed by atoms with Crippen molar-refractivity contribution < 1.29 is 9.18 Å². The molecule has 1 heterocycles. The predicted molar refractivity (Wildman–Crippen MR) is 109 cm³/mol. The first-order valence-electron chi connectivity index (χ1n) is 8.97. The van der Waals surface area contributed by atoms with Crippen molar-refractivity contribution in [3.8, 4) is 0 Å². The first-order chi connectivity index (χ1) is 13.1. The van der Waals surface area contributed by atoms with Gasteiger partial charge in [0, 0.05) is 0 Å². The second-order valence-corrected chi connectivity index (χ2v) is 7.65. The van der Waals surface area contributed by atoms with Gasteiger partial charge in [-0.3, -0.25) is 9.69 Å². The zero-order valence-corrected chi connectivity index (χ0v) is 16.2. The molecule has 0 bridgehead atoms. The van der Waals surface area contributed by atoms with Gasteiger partial charge in [-0.25, -0.2) is 4.39 Å². The third-order valence-corrected chi connectivity index (χ3v) is 5.49. The summed E-state index contributed by atoms with van der Waals surface area (Å²) >= 11 is 1.45. The number of amides is 1. The molecule has 1 aliphatic heterocycles.